The van der Waals surface area contributed by atoms with E-state index in [4.69, 9.17) is 15.2 Å². The van der Waals surface area contributed by atoms with Crippen LogP contribution in [0.2, 0.25) is 0 Å². The first-order chi connectivity index (χ1) is 13.6. The lowest BCUT2D eigenvalue weighted by Gasteiger charge is -2.16. The van der Waals surface area contributed by atoms with Crippen LogP contribution in [0.1, 0.15) is 47.0 Å². The minimum Gasteiger partial charge on any atom is -0.378 e. The number of nitrogens with one attached hydrogen (secondary N) is 3. The van der Waals surface area contributed by atoms with Crippen LogP contribution >= 0.6 is 0 Å². The van der Waals surface area contributed by atoms with Gasteiger partial charge in [0.05, 0.1) is 26.4 Å². The number of ether oxygens (including phenoxy) is 2. The van der Waals surface area contributed by atoms with Crippen LogP contribution in [-0.2, 0) is 9.47 Å². The summed E-state index contributed by atoms with van der Waals surface area (Å²) >= 11 is 0. The molecule has 0 saturated heterocycles. The summed E-state index contributed by atoms with van der Waals surface area (Å²) in [5, 5.41) is 9.89. The average Bonchev–Trinajstić information content (AvgIpc) is 2.68. The van der Waals surface area contributed by atoms with Gasteiger partial charge in [-0.3, -0.25) is 0 Å². The number of aromatic nitrogens is 3. The molecule has 0 bridgehead atoms. The maximum atomic E-state index is 5.52. The molecule has 0 atom stereocenters. The van der Waals surface area contributed by atoms with Crippen LogP contribution in [0.5, 0.6) is 0 Å². The molecule has 9 nitrogen and oxygen atoms in total. The molecule has 1 heterocycles. The van der Waals surface area contributed by atoms with E-state index in [1.165, 1.54) is 0 Å². The molecular weight excluding hydrogens is 358 g/mol. The van der Waals surface area contributed by atoms with Gasteiger partial charge in [0.2, 0.25) is 17.8 Å². The predicted octanol–water partition coefficient (Wildman–Crippen LogP) is 2.33. The van der Waals surface area contributed by atoms with Crippen LogP contribution in [0.15, 0.2) is 0 Å². The quantitative estimate of drug-likeness (QED) is 0.294. The van der Waals surface area contributed by atoms with Gasteiger partial charge in [-0.1, -0.05) is 27.7 Å². The van der Waals surface area contributed by atoms with E-state index in [1.807, 2.05) is 0 Å². The summed E-state index contributed by atoms with van der Waals surface area (Å²) in [4.78, 5) is 13.5. The topological polar surface area (TPSA) is 119 Å². The van der Waals surface area contributed by atoms with E-state index in [2.05, 4.69) is 58.6 Å². The highest BCUT2D eigenvalue weighted by Gasteiger charge is 2.10. The van der Waals surface area contributed by atoms with Gasteiger partial charge >= 0.3 is 0 Å². The van der Waals surface area contributed by atoms with E-state index in [-0.39, 0.29) is 0 Å². The van der Waals surface area contributed by atoms with E-state index in [0.29, 0.717) is 69.3 Å². The summed E-state index contributed by atoms with van der Waals surface area (Å²) in [7, 11) is 0. The Morgan fingerprint density at radius 2 is 1.39 bits per heavy atom. The Kier molecular flexibility index (Phi) is 13.2. The molecule has 1 rings (SSSR count). The fourth-order valence-corrected chi connectivity index (χ4v) is 2.39. The van der Waals surface area contributed by atoms with Gasteiger partial charge in [-0.25, -0.2) is 0 Å². The van der Waals surface area contributed by atoms with Gasteiger partial charge in [0.1, 0.15) is 0 Å². The molecule has 0 aromatic carbocycles. The van der Waals surface area contributed by atoms with E-state index in [0.717, 1.165) is 25.8 Å². The van der Waals surface area contributed by atoms with Gasteiger partial charge in [-0.2, -0.15) is 15.0 Å². The predicted molar refractivity (Wildman–Crippen MR) is 115 cm³/mol. The minimum atomic E-state index is 0.343. The van der Waals surface area contributed by atoms with Gasteiger partial charge in [0, 0.05) is 25.7 Å². The summed E-state index contributed by atoms with van der Waals surface area (Å²) in [6.07, 6.45) is 3.09. The zero-order chi connectivity index (χ0) is 20.6. The first kappa shape index (κ1) is 24.3. The van der Waals surface area contributed by atoms with Crippen molar-refractivity contribution in [2.24, 2.45) is 11.7 Å². The summed E-state index contributed by atoms with van der Waals surface area (Å²) in [5.74, 6) is 2.34. The molecule has 28 heavy (non-hydrogen) atoms. The van der Waals surface area contributed by atoms with Crippen molar-refractivity contribution >= 4 is 17.8 Å². The van der Waals surface area contributed by atoms with E-state index >= 15 is 0 Å². The molecule has 0 aliphatic carbocycles. The molecule has 0 unspecified atom stereocenters. The number of nitrogens with two attached hydrogens (primary N) is 1. The maximum absolute atomic E-state index is 5.52. The highest BCUT2D eigenvalue weighted by Crippen LogP contribution is 2.13. The molecular formula is C19H39N7O2. The first-order valence-corrected chi connectivity index (χ1v) is 10.4. The lowest BCUT2D eigenvalue weighted by Crippen LogP contribution is -2.21. The van der Waals surface area contributed by atoms with Crippen molar-refractivity contribution in [3.63, 3.8) is 0 Å². The highest BCUT2D eigenvalue weighted by molar-refractivity contribution is 5.42. The van der Waals surface area contributed by atoms with Gasteiger partial charge < -0.3 is 31.2 Å². The average molecular weight is 398 g/mol. The molecule has 1 aromatic rings. The molecule has 0 aliphatic heterocycles. The molecule has 0 spiro atoms. The van der Waals surface area contributed by atoms with Crippen molar-refractivity contribution in [3.8, 4) is 0 Å². The minimum absolute atomic E-state index is 0.343. The van der Waals surface area contributed by atoms with Gasteiger partial charge in [0.25, 0.3) is 0 Å². The Hall–Kier alpha value is -1.71. The van der Waals surface area contributed by atoms with Crippen LogP contribution in [0.3, 0.4) is 0 Å². The van der Waals surface area contributed by atoms with E-state index < -0.39 is 0 Å². The Morgan fingerprint density at radius 3 is 1.96 bits per heavy atom. The first-order valence-electron chi connectivity index (χ1n) is 10.4. The zero-order valence-corrected chi connectivity index (χ0v) is 18.0. The van der Waals surface area contributed by atoms with Crippen molar-refractivity contribution < 1.29 is 9.47 Å². The van der Waals surface area contributed by atoms with Crippen LogP contribution in [-0.4, -0.2) is 67.1 Å². The van der Waals surface area contributed by atoms with Crippen molar-refractivity contribution in [2.45, 2.75) is 53.0 Å². The second-order valence-electron chi connectivity index (χ2n) is 7.01. The van der Waals surface area contributed by atoms with Gasteiger partial charge in [0.15, 0.2) is 0 Å². The van der Waals surface area contributed by atoms with Crippen molar-refractivity contribution in [3.05, 3.63) is 0 Å². The smallest absolute Gasteiger partial charge is 0.229 e. The van der Waals surface area contributed by atoms with Crippen molar-refractivity contribution in [2.75, 3.05) is 62.0 Å². The summed E-state index contributed by atoms with van der Waals surface area (Å²) in [6.45, 7) is 12.9. The fraction of sp³-hybridized carbons (Fsp3) is 0.842. The second kappa shape index (κ2) is 15.2. The molecule has 0 saturated carbocycles. The van der Waals surface area contributed by atoms with Crippen LogP contribution in [0.25, 0.3) is 0 Å². The van der Waals surface area contributed by atoms with Crippen LogP contribution in [0, 0.1) is 5.92 Å². The normalized spacial score (nSPS) is 11.2. The molecule has 1 aromatic heterocycles. The lowest BCUT2D eigenvalue weighted by molar-refractivity contribution is 0.0547. The van der Waals surface area contributed by atoms with Crippen LogP contribution in [0.4, 0.5) is 17.8 Å². The lowest BCUT2D eigenvalue weighted by atomic mass is 10.1. The third-order valence-electron chi connectivity index (χ3n) is 4.12. The molecule has 162 valence electrons. The summed E-state index contributed by atoms with van der Waals surface area (Å²) in [6, 6.07) is 0.343. The van der Waals surface area contributed by atoms with Crippen molar-refractivity contribution in [1.82, 2.24) is 15.0 Å². The third kappa shape index (κ3) is 11.2. The molecule has 0 radical (unpaired) electrons. The van der Waals surface area contributed by atoms with Crippen LogP contribution < -0.4 is 21.7 Å². The number of anilines is 3. The zero-order valence-electron chi connectivity index (χ0n) is 18.0. The summed E-state index contributed by atoms with van der Waals surface area (Å²) in [5.41, 5.74) is 5.37. The SMILES string of the molecule is CCC(CC)Nc1nc(NCCOCCOCCN)nc(NCCC(C)C)n1. The number of nitrogens with zero attached hydrogens (tertiary/aromatic N) is 3. The highest BCUT2D eigenvalue weighted by atomic mass is 16.5. The second-order valence-corrected chi connectivity index (χ2v) is 7.01. The number of rotatable bonds is 17. The number of hydrogen-bond acceptors (Lipinski definition) is 9. The largest absolute Gasteiger partial charge is 0.378 e. The monoisotopic (exact) mass is 397 g/mol. The summed E-state index contributed by atoms with van der Waals surface area (Å²) < 4.78 is 10.8. The molecule has 0 fully saturated rings. The Bertz CT molecular complexity index is 513. The molecule has 0 amide bonds. The Balaban J connectivity index is 2.55. The fourth-order valence-electron chi connectivity index (χ4n) is 2.39. The maximum Gasteiger partial charge on any atom is 0.229 e. The number of hydrogen-bond donors (Lipinski definition) is 4. The molecule has 0 aliphatic rings. The Morgan fingerprint density at radius 1 is 0.821 bits per heavy atom. The standard InChI is InChI=1S/C19H39N7O2/c1-5-16(6-2)23-19-25-17(21-9-7-15(3)4)24-18(26-19)22-10-12-28-14-13-27-11-8-20/h15-16H,5-14,20H2,1-4H3,(H3,21,22,23,24,25,26). The van der Waals surface area contributed by atoms with Gasteiger partial charge in [-0.05, 0) is 25.2 Å². The Labute approximate surface area is 169 Å². The third-order valence-corrected chi connectivity index (χ3v) is 4.12. The molecule has 5 N–H and O–H groups in total. The van der Waals surface area contributed by atoms with Gasteiger partial charge in [-0.15, -0.1) is 0 Å². The van der Waals surface area contributed by atoms with E-state index in [1.54, 1.807) is 0 Å². The van der Waals surface area contributed by atoms with E-state index in [9.17, 15) is 0 Å². The molecule has 9 heteroatoms. The van der Waals surface area contributed by atoms with Crippen molar-refractivity contribution in [1.29, 1.82) is 0 Å².